The third-order valence-electron chi connectivity index (χ3n) is 12.0. The Morgan fingerprint density at radius 3 is 1.03 bits per heavy atom. The summed E-state index contributed by atoms with van der Waals surface area (Å²) in [7, 11) is 0. The molecule has 0 aliphatic heterocycles. The van der Waals surface area contributed by atoms with Crippen molar-refractivity contribution >= 4 is 11.9 Å². The summed E-state index contributed by atoms with van der Waals surface area (Å²) in [6.07, 6.45) is 60.4. The smallest absolute Gasteiger partial charge is 0.306 e. The molecule has 0 fully saturated rings. The quantitative estimate of drug-likeness (QED) is 0.0347. The van der Waals surface area contributed by atoms with E-state index in [1.54, 1.807) is 0 Å². The average Bonchev–Trinajstić information content (AvgIpc) is 3.25. The van der Waals surface area contributed by atoms with Crippen LogP contribution in [-0.2, 0) is 23.8 Å². The highest BCUT2D eigenvalue weighted by atomic mass is 16.6. The van der Waals surface area contributed by atoms with Gasteiger partial charge in [-0.05, 0) is 70.6 Å². The van der Waals surface area contributed by atoms with Gasteiger partial charge in [-0.15, -0.1) is 0 Å². The van der Waals surface area contributed by atoms with Gasteiger partial charge in [-0.25, -0.2) is 0 Å². The van der Waals surface area contributed by atoms with Gasteiger partial charge < -0.3 is 14.2 Å². The minimum Gasteiger partial charge on any atom is -0.462 e. The first-order valence-electron chi connectivity index (χ1n) is 26.9. The molecule has 0 aromatic rings. The number of unbranched alkanes of at least 4 members (excludes halogenated alkanes) is 35. The van der Waals surface area contributed by atoms with Crippen molar-refractivity contribution in [3.05, 3.63) is 24.3 Å². The number of allylic oxidation sites excluding steroid dienone is 4. The van der Waals surface area contributed by atoms with Crippen LogP contribution in [0.4, 0.5) is 0 Å². The number of carbonyl (C=O) groups is 2. The van der Waals surface area contributed by atoms with E-state index in [4.69, 9.17) is 14.2 Å². The largest absolute Gasteiger partial charge is 0.462 e. The third-order valence-corrected chi connectivity index (χ3v) is 12.0. The lowest BCUT2D eigenvalue weighted by Crippen LogP contribution is -2.30. The van der Waals surface area contributed by atoms with Crippen molar-refractivity contribution in [2.24, 2.45) is 0 Å². The molecule has 0 aliphatic carbocycles. The maximum absolute atomic E-state index is 12.8. The first-order valence-corrected chi connectivity index (χ1v) is 26.9. The minimum absolute atomic E-state index is 0.0862. The van der Waals surface area contributed by atoms with Gasteiger partial charge in [-0.1, -0.05) is 231 Å². The van der Waals surface area contributed by atoms with E-state index in [9.17, 15) is 9.59 Å². The van der Waals surface area contributed by atoms with E-state index in [0.29, 0.717) is 19.4 Å². The van der Waals surface area contributed by atoms with Crippen molar-refractivity contribution in [1.29, 1.82) is 0 Å². The Kier molecular flexibility index (Phi) is 50.3. The lowest BCUT2D eigenvalue weighted by molar-refractivity contribution is -0.163. The van der Waals surface area contributed by atoms with E-state index in [2.05, 4.69) is 45.1 Å². The number of hydrogen-bond acceptors (Lipinski definition) is 5. The predicted octanol–water partition coefficient (Wildman–Crippen LogP) is 18.0. The van der Waals surface area contributed by atoms with Crippen LogP contribution in [0.1, 0.15) is 290 Å². The highest BCUT2D eigenvalue weighted by molar-refractivity contribution is 5.70. The molecule has 5 nitrogen and oxygen atoms in total. The summed E-state index contributed by atoms with van der Waals surface area (Å²) in [5, 5.41) is 0. The fourth-order valence-electron chi connectivity index (χ4n) is 7.91. The van der Waals surface area contributed by atoms with Crippen LogP contribution < -0.4 is 0 Å². The number of esters is 2. The predicted molar refractivity (Wildman–Crippen MR) is 261 cm³/mol. The van der Waals surface area contributed by atoms with Crippen molar-refractivity contribution in [2.75, 3.05) is 19.8 Å². The lowest BCUT2D eigenvalue weighted by atomic mass is 10.0. The highest BCUT2D eigenvalue weighted by Gasteiger charge is 2.17. The molecule has 0 spiro atoms. The molecule has 0 heterocycles. The second-order valence-electron chi connectivity index (χ2n) is 18.1. The van der Waals surface area contributed by atoms with Crippen molar-refractivity contribution in [3.8, 4) is 0 Å². The Labute approximate surface area is 375 Å². The Hall–Kier alpha value is -1.62. The molecule has 0 aromatic carbocycles. The molecule has 0 saturated heterocycles. The Bertz CT molecular complexity index is 913. The molecule has 0 radical (unpaired) electrons. The number of rotatable bonds is 50. The fourth-order valence-corrected chi connectivity index (χ4v) is 7.91. The van der Waals surface area contributed by atoms with Gasteiger partial charge in [-0.2, -0.15) is 0 Å². The van der Waals surface area contributed by atoms with Gasteiger partial charge >= 0.3 is 11.9 Å². The summed E-state index contributed by atoms with van der Waals surface area (Å²) < 4.78 is 17.4. The maximum Gasteiger partial charge on any atom is 0.306 e. The molecule has 60 heavy (non-hydrogen) atoms. The van der Waals surface area contributed by atoms with E-state index in [-0.39, 0.29) is 25.2 Å². The van der Waals surface area contributed by atoms with Gasteiger partial charge in [0.2, 0.25) is 0 Å². The molecule has 5 heteroatoms. The molecule has 0 aliphatic rings. The molecule has 0 N–H and O–H groups in total. The van der Waals surface area contributed by atoms with Gasteiger partial charge in [-0.3, -0.25) is 9.59 Å². The maximum atomic E-state index is 12.8. The Balaban J connectivity index is 4.22. The average molecular weight is 845 g/mol. The van der Waals surface area contributed by atoms with Crippen molar-refractivity contribution in [1.82, 2.24) is 0 Å². The monoisotopic (exact) mass is 845 g/mol. The van der Waals surface area contributed by atoms with E-state index < -0.39 is 6.10 Å². The van der Waals surface area contributed by atoms with Gasteiger partial charge in [0.1, 0.15) is 6.61 Å². The van der Waals surface area contributed by atoms with Crippen molar-refractivity contribution in [3.63, 3.8) is 0 Å². The zero-order chi connectivity index (χ0) is 43.5. The molecule has 0 bridgehead atoms. The SMILES string of the molecule is CCCCCC/C=C\CCCCCCCC(=O)OCC(COCCCCCCCCCC/C=C\CCCCCCCC)OC(=O)CCCCCCCCCCCCCCC. The first kappa shape index (κ1) is 58.4. The summed E-state index contributed by atoms with van der Waals surface area (Å²) in [6.45, 7) is 7.84. The number of hydrogen-bond donors (Lipinski definition) is 0. The van der Waals surface area contributed by atoms with Crippen LogP contribution in [0.25, 0.3) is 0 Å². The van der Waals surface area contributed by atoms with Crippen LogP contribution in [0.15, 0.2) is 24.3 Å². The standard InChI is InChI=1S/C55H104O5/c1-4-7-10-13-16-19-22-25-26-27-28-29-32-35-38-41-44-47-50-58-51-53(60-55(57)49-46-43-40-37-34-31-24-21-18-15-12-9-6-3)52-59-54(56)48-45-42-39-36-33-30-23-20-17-14-11-8-5-2/h20,23,25-26,53H,4-19,21-22,24,27-52H2,1-3H3/b23-20-,26-25-. The summed E-state index contributed by atoms with van der Waals surface area (Å²) in [5.74, 6) is -0.392. The molecule has 0 rings (SSSR count). The summed E-state index contributed by atoms with van der Waals surface area (Å²) in [5.41, 5.74) is 0. The zero-order valence-electron chi connectivity index (χ0n) is 40.7. The van der Waals surface area contributed by atoms with Gasteiger partial charge in [0.25, 0.3) is 0 Å². The highest BCUT2D eigenvalue weighted by Crippen LogP contribution is 2.15. The van der Waals surface area contributed by atoms with Gasteiger partial charge in [0.05, 0.1) is 6.61 Å². The summed E-state index contributed by atoms with van der Waals surface area (Å²) in [4.78, 5) is 25.4. The molecule has 1 unspecified atom stereocenters. The minimum atomic E-state index is -0.534. The van der Waals surface area contributed by atoms with Crippen LogP contribution in [-0.4, -0.2) is 37.9 Å². The normalized spacial score (nSPS) is 12.2. The van der Waals surface area contributed by atoms with E-state index in [1.165, 1.54) is 205 Å². The molecule has 354 valence electrons. The van der Waals surface area contributed by atoms with Crippen LogP contribution in [0.3, 0.4) is 0 Å². The third kappa shape index (κ3) is 49.0. The molecular formula is C55H104O5. The lowest BCUT2D eigenvalue weighted by Gasteiger charge is -2.18. The Morgan fingerprint density at radius 1 is 0.350 bits per heavy atom. The van der Waals surface area contributed by atoms with Crippen LogP contribution in [0.2, 0.25) is 0 Å². The second-order valence-corrected chi connectivity index (χ2v) is 18.1. The zero-order valence-corrected chi connectivity index (χ0v) is 40.7. The summed E-state index contributed by atoms with van der Waals surface area (Å²) >= 11 is 0. The van der Waals surface area contributed by atoms with E-state index >= 15 is 0 Å². The Morgan fingerprint density at radius 2 is 0.650 bits per heavy atom. The number of ether oxygens (including phenoxy) is 3. The van der Waals surface area contributed by atoms with Crippen molar-refractivity contribution < 1.29 is 23.8 Å². The fraction of sp³-hybridized carbons (Fsp3) is 0.891. The molecular weight excluding hydrogens is 741 g/mol. The van der Waals surface area contributed by atoms with Crippen LogP contribution in [0.5, 0.6) is 0 Å². The van der Waals surface area contributed by atoms with Gasteiger partial charge in [0.15, 0.2) is 6.10 Å². The van der Waals surface area contributed by atoms with Gasteiger partial charge in [0, 0.05) is 19.4 Å². The van der Waals surface area contributed by atoms with Crippen LogP contribution in [0, 0.1) is 0 Å². The second kappa shape index (κ2) is 51.7. The molecule has 0 saturated carbocycles. The topological polar surface area (TPSA) is 61.8 Å². The van der Waals surface area contributed by atoms with Crippen LogP contribution >= 0.6 is 0 Å². The number of carbonyl (C=O) groups excluding carboxylic acids is 2. The summed E-state index contributed by atoms with van der Waals surface area (Å²) in [6, 6.07) is 0. The van der Waals surface area contributed by atoms with E-state index in [0.717, 1.165) is 51.4 Å². The van der Waals surface area contributed by atoms with E-state index in [1.807, 2.05) is 0 Å². The first-order chi connectivity index (χ1) is 29.6. The van der Waals surface area contributed by atoms with Crippen molar-refractivity contribution in [2.45, 2.75) is 297 Å². The molecule has 1 atom stereocenters. The molecule has 0 amide bonds. The molecule has 0 aromatic heterocycles.